The number of ether oxygens (including phenoxy) is 1. The van der Waals surface area contributed by atoms with Crippen LogP contribution in [0.5, 0.6) is 5.75 Å². The van der Waals surface area contributed by atoms with Crippen molar-refractivity contribution in [1.82, 2.24) is 24.1 Å². The zero-order chi connectivity index (χ0) is 32.1. The molecule has 6 aromatic rings. The second-order valence-corrected chi connectivity index (χ2v) is 13.4. The minimum atomic E-state index is -0.962. The van der Waals surface area contributed by atoms with Crippen molar-refractivity contribution in [2.75, 3.05) is 6.61 Å². The Morgan fingerprint density at radius 1 is 0.935 bits per heavy atom. The molecule has 1 N–H and O–H groups in total. The van der Waals surface area contributed by atoms with Gasteiger partial charge >= 0.3 is 5.97 Å². The van der Waals surface area contributed by atoms with Crippen LogP contribution in [0.15, 0.2) is 54.6 Å². The SMILES string of the molecule is Cc1nn(C)c2c1CSCc1cc(n(C)n1)CCc1cc(c3ccccc3c1)OCCCc1c(C(=O)O)n(C)c3c-2c(Cl)ccc13. The molecular formula is C36H36ClN5O3S. The van der Waals surface area contributed by atoms with E-state index in [9.17, 15) is 9.90 Å². The Bertz CT molecular complexity index is 2140. The van der Waals surface area contributed by atoms with Gasteiger partial charge in [0.25, 0.3) is 0 Å². The first-order valence-corrected chi connectivity index (χ1v) is 17.0. The van der Waals surface area contributed by atoms with Crippen molar-refractivity contribution in [3.63, 3.8) is 0 Å². The largest absolute Gasteiger partial charge is 0.493 e. The number of thioether (sulfide) groups is 1. The van der Waals surface area contributed by atoms with Crippen LogP contribution in [0.4, 0.5) is 0 Å². The van der Waals surface area contributed by atoms with E-state index < -0.39 is 5.97 Å². The van der Waals surface area contributed by atoms with Crippen molar-refractivity contribution >= 4 is 51.0 Å². The van der Waals surface area contributed by atoms with Gasteiger partial charge in [-0.2, -0.15) is 22.0 Å². The second-order valence-electron chi connectivity index (χ2n) is 12.1. The van der Waals surface area contributed by atoms with E-state index in [0.29, 0.717) is 30.2 Å². The van der Waals surface area contributed by atoms with Crippen LogP contribution in [0.25, 0.3) is 32.9 Å². The Morgan fingerprint density at radius 3 is 2.59 bits per heavy atom. The molecule has 8 nitrogen and oxygen atoms in total. The summed E-state index contributed by atoms with van der Waals surface area (Å²) in [5.41, 5.74) is 9.04. The zero-order valence-corrected chi connectivity index (χ0v) is 28.0. The third kappa shape index (κ3) is 5.35. The zero-order valence-electron chi connectivity index (χ0n) is 26.4. The molecule has 0 atom stereocenters. The minimum Gasteiger partial charge on any atom is -0.493 e. The lowest BCUT2D eigenvalue weighted by atomic mass is 10.00. The fourth-order valence-corrected chi connectivity index (χ4v) is 8.22. The molecule has 0 fully saturated rings. The van der Waals surface area contributed by atoms with Crippen LogP contribution in [-0.2, 0) is 51.9 Å². The van der Waals surface area contributed by atoms with Crippen LogP contribution in [0.3, 0.4) is 0 Å². The molecular weight excluding hydrogens is 618 g/mol. The van der Waals surface area contributed by atoms with Crippen LogP contribution < -0.4 is 4.74 Å². The number of aryl methyl sites for hydroxylation is 7. The van der Waals surface area contributed by atoms with Gasteiger partial charge in [0.2, 0.25) is 0 Å². The first-order chi connectivity index (χ1) is 22.2. The normalized spacial score (nSPS) is 14.3. The van der Waals surface area contributed by atoms with Gasteiger partial charge in [0.15, 0.2) is 0 Å². The Balaban J connectivity index is 1.36. The topological polar surface area (TPSA) is 87.1 Å². The highest BCUT2D eigenvalue weighted by atomic mass is 35.5. The lowest BCUT2D eigenvalue weighted by Gasteiger charge is -2.13. The summed E-state index contributed by atoms with van der Waals surface area (Å²) in [7, 11) is 5.76. The van der Waals surface area contributed by atoms with Crippen LogP contribution in [0.2, 0.25) is 5.02 Å². The first kappa shape index (κ1) is 30.4. The number of carboxylic acids is 1. The molecule has 0 unspecified atom stereocenters. The summed E-state index contributed by atoms with van der Waals surface area (Å²) in [6.45, 7) is 2.47. The Kier molecular flexibility index (Phi) is 8.07. The fraction of sp³-hybridized carbons (Fsp3) is 0.306. The Morgan fingerprint density at radius 2 is 1.76 bits per heavy atom. The molecule has 3 aromatic carbocycles. The number of benzene rings is 3. The number of aromatic carboxylic acids is 1. The molecule has 1 aliphatic heterocycles. The number of nitrogens with zero attached hydrogens (tertiary/aromatic N) is 5. The molecule has 0 saturated heterocycles. The number of halogens is 1. The smallest absolute Gasteiger partial charge is 0.352 e. The molecule has 10 heteroatoms. The highest BCUT2D eigenvalue weighted by Crippen LogP contribution is 2.42. The molecule has 46 heavy (non-hydrogen) atoms. The number of fused-ring (bicyclic) bond motifs is 8. The van der Waals surface area contributed by atoms with Gasteiger partial charge in [-0.05, 0) is 67.3 Å². The molecule has 0 amide bonds. The Labute approximate surface area is 276 Å². The summed E-state index contributed by atoms with van der Waals surface area (Å²) in [4.78, 5) is 12.7. The van der Waals surface area contributed by atoms with E-state index in [2.05, 4.69) is 36.4 Å². The van der Waals surface area contributed by atoms with Crippen molar-refractivity contribution in [1.29, 1.82) is 0 Å². The lowest BCUT2D eigenvalue weighted by molar-refractivity contribution is 0.0685. The van der Waals surface area contributed by atoms with Gasteiger partial charge in [-0.3, -0.25) is 9.36 Å². The van der Waals surface area contributed by atoms with E-state index in [1.54, 1.807) is 16.3 Å². The summed E-state index contributed by atoms with van der Waals surface area (Å²) in [6.07, 6.45) is 2.94. The first-order valence-electron chi connectivity index (χ1n) is 15.5. The van der Waals surface area contributed by atoms with E-state index in [-0.39, 0.29) is 5.69 Å². The maximum Gasteiger partial charge on any atom is 0.352 e. The number of rotatable bonds is 1. The molecule has 0 aliphatic carbocycles. The van der Waals surface area contributed by atoms with Crippen molar-refractivity contribution in [2.45, 2.75) is 44.1 Å². The number of carbonyl (C=O) groups is 1. The van der Waals surface area contributed by atoms with Gasteiger partial charge in [0, 0.05) is 60.2 Å². The molecule has 1 aliphatic rings. The van der Waals surface area contributed by atoms with Gasteiger partial charge in [-0.1, -0.05) is 48.0 Å². The van der Waals surface area contributed by atoms with Crippen molar-refractivity contribution in [3.05, 3.63) is 99.1 Å². The number of hydrogen-bond donors (Lipinski definition) is 1. The molecule has 4 heterocycles. The third-order valence-corrected chi connectivity index (χ3v) is 10.4. The van der Waals surface area contributed by atoms with E-state index in [4.69, 9.17) is 26.5 Å². The number of aromatic nitrogens is 5. The van der Waals surface area contributed by atoms with E-state index in [1.165, 1.54) is 11.3 Å². The van der Waals surface area contributed by atoms with Crippen LogP contribution >= 0.6 is 23.4 Å². The third-order valence-electron chi connectivity index (χ3n) is 9.10. The maximum absolute atomic E-state index is 12.7. The molecule has 0 spiro atoms. The monoisotopic (exact) mass is 653 g/mol. The van der Waals surface area contributed by atoms with Crippen LogP contribution in [0.1, 0.15) is 50.7 Å². The summed E-state index contributed by atoms with van der Waals surface area (Å²) in [5, 5.41) is 23.7. The van der Waals surface area contributed by atoms with Gasteiger partial charge in [-0.25, -0.2) is 4.79 Å². The van der Waals surface area contributed by atoms with Gasteiger partial charge in [0.1, 0.15) is 11.4 Å². The standard InChI is InChI=1S/C36H36ClN5O3S/c1-21-29-20-46-19-24-18-25(41(3)39-24)12-11-22-16-23-8-5-6-9-26(23)31(17-22)45-15-7-10-27-28-13-14-30(37)32(34(29)42(4)38-21)33(28)40(2)35(27)36(43)44/h5-6,8-9,13-14,16-18H,7,10-12,15,19-20H2,1-4H3,(H,43,44). The molecule has 8 bridgehead atoms. The minimum absolute atomic E-state index is 0.272. The average molecular weight is 654 g/mol. The second kappa shape index (κ2) is 12.2. The summed E-state index contributed by atoms with van der Waals surface area (Å²) < 4.78 is 12.1. The van der Waals surface area contributed by atoms with E-state index >= 15 is 0 Å². The van der Waals surface area contributed by atoms with E-state index in [1.807, 2.05) is 55.6 Å². The van der Waals surface area contributed by atoms with Crippen molar-refractivity contribution in [3.8, 4) is 17.0 Å². The highest BCUT2D eigenvalue weighted by Gasteiger charge is 2.27. The predicted octanol–water partition coefficient (Wildman–Crippen LogP) is 7.67. The summed E-state index contributed by atoms with van der Waals surface area (Å²) in [6, 6.07) is 18.7. The molecule has 7 rings (SSSR count). The predicted molar refractivity (Wildman–Crippen MR) is 185 cm³/mol. The van der Waals surface area contributed by atoms with Crippen molar-refractivity contribution < 1.29 is 14.6 Å². The molecule has 0 radical (unpaired) electrons. The molecule has 3 aromatic heterocycles. The van der Waals surface area contributed by atoms with Gasteiger partial charge in [0.05, 0.1) is 34.2 Å². The maximum atomic E-state index is 12.7. The average Bonchev–Trinajstić information content (AvgIpc) is 3.62. The quantitative estimate of drug-likeness (QED) is 0.196. The molecule has 236 valence electrons. The van der Waals surface area contributed by atoms with Crippen LogP contribution in [-0.4, -0.2) is 41.8 Å². The summed E-state index contributed by atoms with van der Waals surface area (Å²) in [5.74, 6) is 1.36. The van der Waals surface area contributed by atoms with E-state index in [0.717, 1.165) is 79.8 Å². The highest BCUT2D eigenvalue weighted by molar-refractivity contribution is 7.97. The summed E-state index contributed by atoms with van der Waals surface area (Å²) >= 11 is 8.77. The van der Waals surface area contributed by atoms with Gasteiger partial charge < -0.3 is 14.4 Å². The Hall–Kier alpha value is -4.21. The molecule has 0 saturated carbocycles. The number of hydrogen-bond acceptors (Lipinski definition) is 5. The fourth-order valence-electron chi connectivity index (χ4n) is 6.97. The number of carboxylic acid groups (broad SMARTS) is 1. The lowest BCUT2D eigenvalue weighted by Crippen LogP contribution is -2.09. The van der Waals surface area contributed by atoms with Crippen LogP contribution in [0, 0.1) is 6.92 Å². The van der Waals surface area contributed by atoms with Crippen molar-refractivity contribution in [2.24, 2.45) is 21.1 Å². The van der Waals surface area contributed by atoms with Gasteiger partial charge in [-0.15, -0.1) is 0 Å².